The van der Waals surface area contributed by atoms with E-state index in [2.05, 4.69) is 0 Å². The smallest absolute Gasteiger partial charge is 0.430 e. The number of carboxylic acids is 1. The fourth-order valence-electron chi connectivity index (χ4n) is 3.91. The topological polar surface area (TPSA) is 163 Å². The number of carboxylic acid groups (broad SMARTS) is 1. The van der Waals surface area contributed by atoms with Gasteiger partial charge in [0.1, 0.15) is 29.2 Å². The Morgan fingerprint density at radius 2 is 1.97 bits per heavy atom. The quantitative estimate of drug-likeness (QED) is 0.415. The molecule has 170 valence electrons. The van der Waals surface area contributed by atoms with Crippen molar-refractivity contribution in [3.8, 4) is 17.2 Å². The van der Waals surface area contributed by atoms with E-state index >= 15 is 0 Å². The molecule has 32 heavy (non-hydrogen) atoms. The number of aryl methyl sites for hydroxylation is 2. The number of aromatic carboxylic acids is 1. The number of hydrogen-bond donors (Lipinski definition) is 5. The molecule has 1 saturated heterocycles. The van der Waals surface area contributed by atoms with Gasteiger partial charge in [0.15, 0.2) is 0 Å². The Hall–Kier alpha value is -3.28. The first-order chi connectivity index (χ1) is 15.1. The molecular weight excluding hydrogens is 419 g/mol. The normalized spacial score (nSPS) is 18.2. The van der Waals surface area contributed by atoms with E-state index in [0.29, 0.717) is 16.7 Å². The van der Waals surface area contributed by atoms with Gasteiger partial charge in [-0.3, -0.25) is 4.79 Å². The lowest BCUT2D eigenvalue weighted by molar-refractivity contribution is -0.141. The molecule has 1 unspecified atom stereocenters. The summed E-state index contributed by atoms with van der Waals surface area (Å²) in [5.74, 6) is -1.59. The Morgan fingerprint density at radius 3 is 2.62 bits per heavy atom. The van der Waals surface area contributed by atoms with Gasteiger partial charge in [-0.2, -0.15) is 0 Å². The second-order valence-electron chi connectivity index (χ2n) is 8.25. The Kier molecular flexibility index (Phi) is 5.49. The highest BCUT2D eigenvalue weighted by molar-refractivity contribution is 6.59. The number of carbonyl (C=O) groups excluding carboxylic acids is 1. The molecule has 1 amide bonds. The molecule has 2 aromatic rings. The van der Waals surface area contributed by atoms with E-state index < -0.39 is 24.9 Å². The van der Waals surface area contributed by atoms with Crippen LogP contribution in [0.5, 0.6) is 17.2 Å². The van der Waals surface area contributed by atoms with Crippen LogP contribution < -0.4 is 15.1 Å². The fourth-order valence-corrected chi connectivity index (χ4v) is 3.91. The number of nitrogens with two attached hydrogens (primary N) is 1. The van der Waals surface area contributed by atoms with Crippen LogP contribution in [0.25, 0.3) is 0 Å². The Labute approximate surface area is 183 Å². The van der Waals surface area contributed by atoms with Gasteiger partial charge in [-0.25, -0.2) is 4.79 Å². The van der Waals surface area contributed by atoms with Gasteiger partial charge in [0.2, 0.25) is 5.91 Å². The van der Waals surface area contributed by atoms with E-state index in [4.69, 9.17) is 15.1 Å². The number of hydrogen-bond acceptors (Lipinski definition) is 8. The maximum Gasteiger partial charge on any atom is 0.430 e. The van der Waals surface area contributed by atoms with Crippen molar-refractivity contribution in [1.82, 2.24) is 4.90 Å². The van der Waals surface area contributed by atoms with Crippen molar-refractivity contribution in [2.24, 2.45) is 5.73 Å². The Bertz CT molecular complexity index is 1080. The van der Waals surface area contributed by atoms with Gasteiger partial charge in [-0.15, -0.1) is 0 Å². The maximum atomic E-state index is 12.7. The molecule has 2 aromatic carbocycles. The molecule has 0 radical (unpaired) electrons. The SMILES string of the molecule is Cc1cc(C(N)C(=O)N2CC(Oc3ccc4c(c3C(=O)O)O[B-](O)(O)CC4)C2)ccc1O. The third-order valence-electron chi connectivity index (χ3n) is 5.81. The summed E-state index contributed by atoms with van der Waals surface area (Å²) < 4.78 is 11.0. The highest BCUT2D eigenvalue weighted by atomic mass is 16.6. The zero-order valence-corrected chi connectivity index (χ0v) is 17.4. The predicted octanol–water partition coefficient (Wildman–Crippen LogP) is 0.547. The summed E-state index contributed by atoms with van der Waals surface area (Å²) in [7, 11) is 0. The summed E-state index contributed by atoms with van der Waals surface area (Å²) in [5.41, 5.74) is 7.54. The molecule has 2 aliphatic rings. The van der Waals surface area contributed by atoms with Crippen molar-refractivity contribution < 1.29 is 39.2 Å². The van der Waals surface area contributed by atoms with Gasteiger partial charge in [0.25, 0.3) is 0 Å². The number of aromatic hydroxyl groups is 1. The molecule has 0 aromatic heterocycles. The highest BCUT2D eigenvalue weighted by Crippen LogP contribution is 2.39. The Balaban J connectivity index is 1.44. The molecule has 2 aliphatic heterocycles. The van der Waals surface area contributed by atoms with E-state index in [1.807, 2.05) is 0 Å². The molecule has 2 heterocycles. The number of carbonyl (C=O) groups is 2. The molecule has 0 bridgehead atoms. The monoisotopic (exact) mass is 443 g/mol. The average Bonchev–Trinajstić information content (AvgIpc) is 2.70. The van der Waals surface area contributed by atoms with Gasteiger partial charge in [-0.1, -0.05) is 24.5 Å². The van der Waals surface area contributed by atoms with Crippen LogP contribution >= 0.6 is 0 Å². The summed E-state index contributed by atoms with van der Waals surface area (Å²) >= 11 is 0. The molecule has 0 saturated carbocycles. The van der Waals surface area contributed by atoms with E-state index in [-0.39, 0.29) is 54.5 Å². The van der Waals surface area contributed by atoms with Crippen molar-refractivity contribution in [2.75, 3.05) is 13.1 Å². The molecule has 4 rings (SSSR count). The first-order valence-electron chi connectivity index (χ1n) is 10.2. The summed E-state index contributed by atoms with van der Waals surface area (Å²) in [4.78, 5) is 26.0. The van der Waals surface area contributed by atoms with E-state index in [9.17, 15) is 29.9 Å². The van der Waals surface area contributed by atoms with E-state index in [1.54, 1.807) is 25.1 Å². The largest absolute Gasteiger partial charge is 0.669 e. The number of phenolic OH excluding ortho intramolecular Hbond substituents is 1. The maximum absolute atomic E-state index is 12.7. The molecule has 1 atom stereocenters. The number of nitrogens with zero attached hydrogens (tertiary/aromatic N) is 1. The standard InChI is InChI=1S/C21H24BN2O8/c1-11-8-13(2-4-15(11)25)18(23)20(26)24-9-14(10-24)31-16-5-3-12-6-7-22(29,30)32-19(12)17(16)21(27)28/h2-5,8,14,18,25,29-30H,6-7,9-10,23H2,1H3,(H,27,28)/q-1. The molecule has 0 aliphatic carbocycles. The number of amides is 1. The van der Waals surface area contributed by atoms with Gasteiger partial charge in [0, 0.05) is 0 Å². The van der Waals surface area contributed by atoms with Gasteiger partial charge >= 0.3 is 12.7 Å². The van der Waals surface area contributed by atoms with Crippen LogP contribution in [0.4, 0.5) is 0 Å². The Morgan fingerprint density at radius 1 is 1.25 bits per heavy atom. The van der Waals surface area contributed by atoms with Crippen molar-refractivity contribution >= 4 is 18.6 Å². The second-order valence-corrected chi connectivity index (χ2v) is 8.25. The highest BCUT2D eigenvalue weighted by Gasteiger charge is 2.37. The summed E-state index contributed by atoms with van der Waals surface area (Å²) in [6, 6.07) is 6.98. The number of likely N-dealkylation sites (tertiary alicyclic amines) is 1. The fraction of sp³-hybridized carbons (Fsp3) is 0.333. The molecule has 10 nitrogen and oxygen atoms in total. The third kappa shape index (κ3) is 4.09. The van der Waals surface area contributed by atoms with Gasteiger partial charge in [0.05, 0.1) is 18.8 Å². The van der Waals surface area contributed by atoms with Crippen molar-refractivity contribution in [3.63, 3.8) is 0 Å². The molecular formula is C21H24BN2O8-. The van der Waals surface area contributed by atoms with Crippen LogP contribution in [0, 0.1) is 6.92 Å². The van der Waals surface area contributed by atoms with Gasteiger partial charge in [-0.05, 0) is 42.2 Å². The lowest BCUT2D eigenvalue weighted by Gasteiger charge is -2.41. The molecule has 6 N–H and O–H groups in total. The first kappa shape index (κ1) is 21.9. The number of fused-ring (bicyclic) bond motifs is 1. The van der Waals surface area contributed by atoms with Crippen molar-refractivity contribution in [2.45, 2.75) is 31.8 Å². The van der Waals surface area contributed by atoms with Crippen LogP contribution in [0.2, 0.25) is 6.32 Å². The minimum Gasteiger partial charge on any atom is -0.669 e. The van der Waals surface area contributed by atoms with Crippen molar-refractivity contribution in [1.29, 1.82) is 0 Å². The first-order valence-corrected chi connectivity index (χ1v) is 10.2. The lowest BCUT2D eigenvalue weighted by atomic mass is 9.70. The van der Waals surface area contributed by atoms with Crippen LogP contribution in [-0.4, -0.2) is 63.0 Å². The summed E-state index contributed by atoms with van der Waals surface area (Å²) in [5, 5.41) is 38.9. The minimum absolute atomic E-state index is 0.0211. The molecule has 1 fully saturated rings. The second kappa shape index (κ2) is 8.01. The predicted molar refractivity (Wildman–Crippen MR) is 114 cm³/mol. The van der Waals surface area contributed by atoms with E-state index in [0.717, 1.165) is 0 Å². The van der Waals surface area contributed by atoms with Crippen LogP contribution in [-0.2, 0) is 11.2 Å². The lowest BCUT2D eigenvalue weighted by Crippen LogP contribution is -2.58. The number of rotatable bonds is 5. The van der Waals surface area contributed by atoms with Gasteiger partial charge < -0.3 is 40.3 Å². The molecule has 11 heteroatoms. The average molecular weight is 443 g/mol. The number of phenols is 1. The zero-order chi connectivity index (χ0) is 23.2. The molecule has 0 spiro atoms. The number of ether oxygens (including phenoxy) is 1. The summed E-state index contributed by atoms with van der Waals surface area (Å²) in [6.07, 6.45) is -0.207. The van der Waals surface area contributed by atoms with Crippen molar-refractivity contribution in [3.05, 3.63) is 52.6 Å². The van der Waals surface area contributed by atoms with Crippen LogP contribution in [0.3, 0.4) is 0 Å². The summed E-state index contributed by atoms with van der Waals surface area (Å²) in [6.45, 7) is -0.979. The van der Waals surface area contributed by atoms with Crippen LogP contribution in [0.1, 0.15) is 33.1 Å². The third-order valence-corrected chi connectivity index (χ3v) is 5.81. The van der Waals surface area contributed by atoms with E-state index in [1.165, 1.54) is 17.0 Å². The minimum atomic E-state index is -3.13. The van der Waals surface area contributed by atoms with Crippen LogP contribution in [0.15, 0.2) is 30.3 Å². The zero-order valence-electron chi connectivity index (χ0n) is 17.4. The number of benzene rings is 2.